The van der Waals surface area contributed by atoms with Crippen LogP contribution in [0.15, 0.2) is 24.3 Å². The highest BCUT2D eigenvalue weighted by Crippen LogP contribution is 2.22. The summed E-state index contributed by atoms with van der Waals surface area (Å²) in [5.74, 6) is 1.70. The third kappa shape index (κ3) is 4.93. The Morgan fingerprint density at radius 2 is 1.84 bits per heavy atom. The molecule has 1 aromatic carbocycles. The standard InChI is InChI=1S/C16H26N2O/c1-12(2)13-6-8-14(9-7-13)19-11-5-10-16(3,4)15(17)18/h6-9,12H,5,10-11H2,1-4H3,(H3,17,18). The van der Waals surface area contributed by atoms with Crippen molar-refractivity contribution >= 4 is 5.84 Å². The summed E-state index contributed by atoms with van der Waals surface area (Å²) in [5, 5.41) is 7.50. The van der Waals surface area contributed by atoms with Gasteiger partial charge in [-0.25, -0.2) is 0 Å². The number of ether oxygens (including phenoxy) is 1. The van der Waals surface area contributed by atoms with Gasteiger partial charge < -0.3 is 10.5 Å². The normalized spacial score (nSPS) is 11.6. The van der Waals surface area contributed by atoms with E-state index in [0.717, 1.165) is 18.6 Å². The molecule has 0 radical (unpaired) electrons. The zero-order chi connectivity index (χ0) is 14.5. The Kier molecular flexibility index (Phi) is 5.40. The van der Waals surface area contributed by atoms with Crippen molar-refractivity contribution in [2.45, 2.75) is 46.5 Å². The summed E-state index contributed by atoms with van der Waals surface area (Å²) in [6.07, 6.45) is 1.77. The van der Waals surface area contributed by atoms with E-state index in [4.69, 9.17) is 15.9 Å². The van der Waals surface area contributed by atoms with Gasteiger partial charge in [0.15, 0.2) is 0 Å². The van der Waals surface area contributed by atoms with Crippen molar-refractivity contribution in [2.75, 3.05) is 6.61 Å². The first-order chi connectivity index (χ1) is 8.83. The molecule has 0 atom stereocenters. The van der Waals surface area contributed by atoms with Gasteiger partial charge in [-0.3, -0.25) is 5.41 Å². The van der Waals surface area contributed by atoms with Gasteiger partial charge in [0.1, 0.15) is 5.75 Å². The number of rotatable bonds is 7. The smallest absolute Gasteiger partial charge is 0.119 e. The number of hydrogen-bond acceptors (Lipinski definition) is 2. The van der Waals surface area contributed by atoms with E-state index in [-0.39, 0.29) is 11.3 Å². The molecule has 1 aromatic rings. The second kappa shape index (κ2) is 6.60. The molecule has 106 valence electrons. The van der Waals surface area contributed by atoms with Crippen molar-refractivity contribution < 1.29 is 4.74 Å². The Labute approximate surface area is 116 Å². The molecule has 0 unspecified atom stereocenters. The lowest BCUT2D eigenvalue weighted by Crippen LogP contribution is -2.31. The van der Waals surface area contributed by atoms with E-state index in [9.17, 15) is 0 Å². The number of nitrogens with one attached hydrogen (secondary N) is 1. The van der Waals surface area contributed by atoms with Crippen LogP contribution in [0.1, 0.15) is 52.0 Å². The number of amidine groups is 1. The lowest BCUT2D eigenvalue weighted by molar-refractivity contribution is 0.287. The van der Waals surface area contributed by atoms with Gasteiger partial charge in [0, 0.05) is 5.41 Å². The number of benzene rings is 1. The molecule has 0 amide bonds. The number of hydrogen-bond donors (Lipinski definition) is 2. The lowest BCUT2D eigenvalue weighted by Gasteiger charge is -2.22. The molecule has 19 heavy (non-hydrogen) atoms. The van der Waals surface area contributed by atoms with Crippen molar-refractivity contribution in [3.05, 3.63) is 29.8 Å². The molecule has 3 heteroatoms. The molecule has 0 bridgehead atoms. The van der Waals surface area contributed by atoms with Gasteiger partial charge in [0.2, 0.25) is 0 Å². The highest BCUT2D eigenvalue weighted by molar-refractivity contribution is 5.82. The van der Waals surface area contributed by atoms with Crippen LogP contribution in [-0.2, 0) is 0 Å². The summed E-state index contributed by atoms with van der Waals surface area (Å²) in [4.78, 5) is 0. The molecule has 0 saturated heterocycles. The van der Waals surface area contributed by atoms with Crippen molar-refractivity contribution in [2.24, 2.45) is 11.1 Å². The second-order valence-corrected chi connectivity index (χ2v) is 5.97. The molecule has 0 saturated carbocycles. The third-order valence-electron chi connectivity index (χ3n) is 3.49. The largest absolute Gasteiger partial charge is 0.494 e. The van der Waals surface area contributed by atoms with Crippen LogP contribution < -0.4 is 10.5 Å². The van der Waals surface area contributed by atoms with E-state index < -0.39 is 0 Å². The average molecular weight is 262 g/mol. The average Bonchev–Trinajstić information content (AvgIpc) is 2.35. The minimum Gasteiger partial charge on any atom is -0.494 e. The van der Waals surface area contributed by atoms with E-state index in [1.165, 1.54) is 5.56 Å². The first-order valence-electron chi connectivity index (χ1n) is 6.90. The minimum atomic E-state index is -0.231. The van der Waals surface area contributed by atoms with Gasteiger partial charge in [-0.2, -0.15) is 0 Å². The SMILES string of the molecule is CC(C)c1ccc(OCCCC(C)(C)C(=N)N)cc1. The Balaban J connectivity index is 2.36. The molecule has 0 spiro atoms. The summed E-state index contributed by atoms with van der Waals surface area (Å²) in [6.45, 7) is 9.01. The van der Waals surface area contributed by atoms with Crippen LogP contribution in [0.2, 0.25) is 0 Å². The van der Waals surface area contributed by atoms with Crippen molar-refractivity contribution in [3.63, 3.8) is 0 Å². The van der Waals surface area contributed by atoms with Crippen LogP contribution in [0.4, 0.5) is 0 Å². The van der Waals surface area contributed by atoms with Crippen molar-refractivity contribution in [3.8, 4) is 5.75 Å². The predicted molar refractivity (Wildman–Crippen MR) is 81.0 cm³/mol. The summed E-state index contributed by atoms with van der Waals surface area (Å²) in [7, 11) is 0. The van der Waals surface area contributed by atoms with Crippen LogP contribution in [0, 0.1) is 10.8 Å². The molecule has 0 aliphatic carbocycles. The van der Waals surface area contributed by atoms with Crippen molar-refractivity contribution in [1.29, 1.82) is 5.41 Å². The highest BCUT2D eigenvalue weighted by Gasteiger charge is 2.20. The number of nitrogens with two attached hydrogens (primary N) is 1. The third-order valence-corrected chi connectivity index (χ3v) is 3.49. The Bertz CT molecular complexity index is 407. The minimum absolute atomic E-state index is 0.231. The second-order valence-electron chi connectivity index (χ2n) is 5.97. The summed E-state index contributed by atoms with van der Waals surface area (Å²) < 4.78 is 5.70. The monoisotopic (exact) mass is 262 g/mol. The van der Waals surface area contributed by atoms with Gasteiger partial charge >= 0.3 is 0 Å². The van der Waals surface area contributed by atoms with E-state index in [2.05, 4.69) is 26.0 Å². The predicted octanol–water partition coefficient (Wildman–Crippen LogP) is 3.93. The fourth-order valence-corrected chi connectivity index (χ4v) is 1.79. The zero-order valence-corrected chi connectivity index (χ0v) is 12.5. The summed E-state index contributed by atoms with van der Waals surface area (Å²) in [6, 6.07) is 8.26. The Morgan fingerprint density at radius 1 is 1.26 bits per heavy atom. The maximum atomic E-state index is 7.50. The molecule has 0 aliphatic rings. The topological polar surface area (TPSA) is 59.1 Å². The molecule has 1 rings (SSSR count). The molecule has 0 aliphatic heterocycles. The fraction of sp³-hybridized carbons (Fsp3) is 0.562. The van der Waals surface area contributed by atoms with Crippen molar-refractivity contribution in [1.82, 2.24) is 0 Å². The highest BCUT2D eigenvalue weighted by atomic mass is 16.5. The van der Waals surface area contributed by atoms with E-state index in [0.29, 0.717) is 12.5 Å². The first-order valence-corrected chi connectivity index (χ1v) is 6.90. The summed E-state index contributed by atoms with van der Waals surface area (Å²) in [5.41, 5.74) is 6.64. The molecular formula is C16H26N2O. The van der Waals surface area contributed by atoms with E-state index >= 15 is 0 Å². The summed E-state index contributed by atoms with van der Waals surface area (Å²) >= 11 is 0. The molecule has 0 fully saturated rings. The molecule has 0 aromatic heterocycles. The molecule has 0 heterocycles. The van der Waals surface area contributed by atoms with Gasteiger partial charge in [-0.1, -0.05) is 39.8 Å². The maximum absolute atomic E-state index is 7.50. The van der Waals surface area contributed by atoms with E-state index in [1.807, 2.05) is 26.0 Å². The van der Waals surface area contributed by atoms with Crippen LogP contribution in [0.25, 0.3) is 0 Å². The van der Waals surface area contributed by atoms with Crippen LogP contribution in [0.3, 0.4) is 0 Å². The van der Waals surface area contributed by atoms with Gasteiger partial charge in [0.05, 0.1) is 12.4 Å². The van der Waals surface area contributed by atoms with Gasteiger partial charge in [-0.15, -0.1) is 0 Å². The quantitative estimate of drug-likeness (QED) is 0.444. The Morgan fingerprint density at radius 3 is 2.32 bits per heavy atom. The fourth-order valence-electron chi connectivity index (χ4n) is 1.79. The van der Waals surface area contributed by atoms with Crippen LogP contribution >= 0.6 is 0 Å². The van der Waals surface area contributed by atoms with E-state index in [1.54, 1.807) is 0 Å². The van der Waals surface area contributed by atoms with Gasteiger partial charge in [0.25, 0.3) is 0 Å². The van der Waals surface area contributed by atoms with Crippen LogP contribution in [-0.4, -0.2) is 12.4 Å². The molecule has 3 nitrogen and oxygen atoms in total. The van der Waals surface area contributed by atoms with Crippen LogP contribution in [0.5, 0.6) is 5.75 Å². The van der Waals surface area contributed by atoms with Gasteiger partial charge in [-0.05, 0) is 36.5 Å². The lowest BCUT2D eigenvalue weighted by atomic mass is 9.87. The Hall–Kier alpha value is -1.51. The molecular weight excluding hydrogens is 236 g/mol. The molecule has 3 N–H and O–H groups in total. The maximum Gasteiger partial charge on any atom is 0.119 e. The zero-order valence-electron chi connectivity index (χ0n) is 12.5. The first kappa shape index (κ1) is 15.5.